The number of aromatic hydroxyl groups is 1. The van der Waals surface area contributed by atoms with Gasteiger partial charge in [-0.05, 0) is 42.3 Å². The molecule has 1 N–H and O–H groups in total. The van der Waals surface area contributed by atoms with Crippen LogP contribution in [0.15, 0.2) is 83.9 Å². The van der Waals surface area contributed by atoms with Gasteiger partial charge in [-0.25, -0.2) is 4.68 Å². The number of aryl methyl sites for hydroxylation is 1. The maximum Gasteiger partial charge on any atom is 0.141 e. The molecule has 0 spiro atoms. The fourth-order valence-electron chi connectivity index (χ4n) is 2.97. The van der Waals surface area contributed by atoms with E-state index in [9.17, 15) is 5.11 Å². The van der Waals surface area contributed by atoms with Crippen LogP contribution in [0.25, 0.3) is 16.8 Å². The van der Waals surface area contributed by atoms with Crippen molar-refractivity contribution in [1.82, 2.24) is 9.78 Å². The third kappa shape index (κ3) is 3.55. The maximum atomic E-state index is 10.2. The second kappa shape index (κ2) is 7.71. The van der Waals surface area contributed by atoms with Crippen LogP contribution in [0.5, 0.6) is 5.75 Å². The van der Waals surface area contributed by atoms with Crippen LogP contribution in [0.4, 0.5) is 5.69 Å². The Balaban J connectivity index is 1.70. The fraction of sp³-hybridized carbons (Fsp3) is 0.0435. The predicted octanol–water partition coefficient (Wildman–Crippen LogP) is 5.96. The predicted molar refractivity (Wildman–Crippen MR) is 114 cm³/mol. The smallest absolute Gasteiger partial charge is 0.141 e. The van der Waals surface area contributed by atoms with Crippen LogP contribution < -0.4 is 0 Å². The number of hydrogen-bond acceptors (Lipinski definition) is 3. The van der Waals surface area contributed by atoms with E-state index >= 15 is 0 Å². The molecule has 28 heavy (non-hydrogen) atoms. The van der Waals surface area contributed by atoms with Crippen LogP contribution in [0.2, 0.25) is 5.15 Å². The van der Waals surface area contributed by atoms with Crippen LogP contribution in [-0.4, -0.2) is 21.1 Å². The van der Waals surface area contributed by atoms with Crippen LogP contribution in [0, 0.1) is 6.92 Å². The molecule has 0 amide bonds. The molecule has 4 nitrogen and oxygen atoms in total. The molecule has 0 unspecified atom stereocenters. The molecule has 138 valence electrons. The summed E-state index contributed by atoms with van der Waals surface area (Å²) in [5.74, 6) is 0.111. The van der Waals surface area contributed by atoms with Crippen molar-refractivity contribution in [2.24, 2.45) is 4.99 Å². The van der Waals surface area contributed by atoms with Gasteiger partial charge in [-0.1, -0.05) is 66.2 Å². The second-order valence-electron chi connectivity index (χ2n) is 6.36. The van der Waals surface area contributed by atoms with Crippen LogP contribution in [0.3, 0.4) is 0 Å². The molecule has 0 bridgehead atoms. The van der Waals surface area contributed by atoms with Crippen molar-refractivity contribution in [2.45, 2.75) is 6.92 Å². The second-order valence-corrected chi connectivity index (χ2v) is 6.72. The van der Waals surface area contributed by atoms with Gasteiger partial charge >= 0.3 is 0 Å². The zero-order valence-corrected chi connectivity index (χ0v) is 16.0. The summed E-state index contributed by atoms with van der Waals surface area (Å²) in [5.41, 5.74) is 4.87. The van der Waals surface area contributed by atoms with E-state index in [1.807, 2.05) is 79.7 Å². The Morgan fingerprint density at radius 2 is 1.61 bits per heavy atom. The number of phenols is 1. The van der Waals surface area contributed by atoms with Gasteiger partial charge < -0.3 is 5.11 Å². The molecule has 1 aromatic heterocycles. The lowest BCUT2D eigenvalue weighted by atomic mass is 10.0. The first-order valence-electron chi connectivity index (χ1n) is 8.86. The van der Waals surface area contributed by atoms with E-state index in [0.717, 1.165) is 28.1 Å². The van der Waals surface area contributed by atoms with Gasteiger partial charge in [0.25, 0.3) is 0 Å². The molecular weight excluding hydrogens is 370 g/mol. The Hall–Kier alpha value is -3.37. The quantitative estimate of drug-likeness (QED) is 0.439. The minimum Gasteiger partial charge on any atom is -0.506 e. The summed E-state index contributed by atoms with van der Waals surface area (Å²) in [6, 6.07) is 25.0. The Kier molecular flexibility index (Phi) is 4.96. The molecule has 4 aromatic rings. The summed E-state index contributed by atoms with van der Waals surface area (Å²) in [5, 5.41) is 15.2. The number of aliphatic imine (C=N–C) groups is 1. The van der Waals surface area contributed by atoms with E-state index in [-0.39, 0.29) is 5.75 Å². The highest BCUT2D eigenvalue weighted by Gasteiger charge is 2.13. The van der Waals surface area contributed by atoms with E-state index < -0.39 is 0 Å². The lowest BCUT2D eigenvalue weighted by Gasteiger charge is -2.05. The van der Waals surface area contributed by atoms with Crippen molar-refractivity contribution >= 4 is 23.5 Å². The van der Waals surface area contributed by atoms with Crippen molar-refractivity contribution < 1.29 is 5.11 Å². The largest absolute Gasteiger partial charge is 0.506 e. The highest BCUT2D eigenvalue weighted by molar-refractivity contribution is 6.32. The first-order chi connectivity index (χ1) is 13.6. The van der Waals surface area contributed by atoms with Gasteiger partial charge in [0.15, 0.2) is 0 Å². The van der Waals surface area contributed by atoms with Crippen molar-refractivity contribution in [2.75, 3.05) is 0 Å². The van der Waals surface area contributed by atoms with Crippen molar-refractivity contribution in [3.05, 3.63) is 95.3 Å². The van der Waals surface area contributed by atoms with Gasteiger partial charge in [-0.3, -0.25) is 4.99 Å². The Bertz CT molecular complexity index is 1140. The van der Waals surface area contributed by atoms with Gasteiger partial charge in [0.2, 0.25) is 0 Å². The van der Waals surface area contributed by atoms with Crippen LogP contribution in [0.1, 0.15) is 11.3 Å². The minimum absolute atomic E-state index is 0.111. The highest BCUT2D eigenvalue weighted by Crippen LogP contribution is 2.32. The lowest BCUT2D eigenvalue weighted by molar-refractivity contribution is 0.477. The summed E-state index contributed by atoms with van der Waals surface area (Å²) in [7, 11) is 0. The summed E-state index contributed by atoms with van der Waals surface area (Å²) >= 11 is 6.54. The third-order valence-corrected chi connectivity index (χ3v) is 4.83. The number of rotatable bonds is 4. The number of phenolic OH excluding ortho intramolecular Hbond substituents is 1. The normalized spacial score (nSPS) is 11.2. The van der Waals surface area contributed by atoms with E-state index in [4.69, 9.17) is 11.6 Å². The molecular formula is C23H18ClN3O. The first kappa shape index (κ1) is 18.0. The highest BCUT2D eigenvalue weighted by atomic mass is 35.5. The Morgan fingerprint density at radius 3 is 2.32 bits per heavy atom. The molecule has 3 aromatic carbocycles. The molecule has 0 fully saturated rings. The fourth-order valence-corrected chi connectivity index (χ4v) is 3.29. The molecule has 4 rings (SSSR count). The van der Waals surface area contributed by atoms with Gasteiger partial charge in [0.05, 0.1) is 16.9 Å². The summed E-state index contributed by atoms with van der Waals surface area (Å²) < 4.78 is 1.68. The van der Waals surface area contributed by atoms with Gasteiger partial charge in [-0.15, -0.1) is 0 Å². The SMILES string of the molecule is Cc1nn(-c2ccccc2)c(Cl)c1C=Nc1cc(-c2ccccc2)ccc1O. The molecule has 5 heteroatoms. The van der Waals surface area contributed by atoms with E-state index in [2.05, 4.69) is 10.1 Å². The average molecular weight is 388 g/mol. The number of benzene rings is 3. The molecule has 0 atom stereocenters. The monoisotopic (exact) mass is 387 g/mol. The van der Waals surface area contributed by atoms with Crippen molar-refractivity contribution in [1.29, 1.82) is 0 Å². The van der Waals surface area contributed by atoms with Crippen LogP contribution in [-0.2, 0) is 0 Å². The molecule has 0 radical (unpaired) electrons. The lowest BCUT2D eigenvalue weighted by Crippen LogP contribution is -1.96. The molecule has 0 aliphatic rings. The van der Waals surface area contributed by atoms with Gasteiger partial charge in [0, 0.05) is 6.21 Å². The van der Waals surface area contributed by atoms with E-state index in [1.54, 1.807) is 17.0 Å². The molecule has 1 heterocycles. The molecule has 0 aliphatic carbocycles. The summed E-state index contributed by atoms with van der Waals surface area (Å²) in [6.07, 6.45) is 1.65. The standard InChI is InChI=1S/C23H18ClN3O/c1-16-20(23(24)27(26-16)19-10-6-3-7-11-19)15-25-21-14-18(12-13-22(21)28)17-8-4-2-5-9-17/h2-15,28H,1H3. The number of hydrogen-bond donors (Lipinski definition) is 1. The minimum atomic E-state index is 0.111. The van der Waals surface area contributed by atoms with Crippen molar-refractivity contribution in [3.63, 3.8) is 0 Å². The number of halogens is 1. The topological polar surface area (TPSA) is 50.4 Å². The van der Waals surface area contributed by atoms with Gasteiger partial charge in [-0.2, -0.15) is 5.10 Å². The Labute approximate surface area is 168 Å². The molecule has 0 saturated heterocycles. The number of nitrogens with zero attached hydrogens (tertiary/aromatic N) is 3. The van der Waals surface area contributed by atoms with Crippen molar-refractivity contribution in [3.8, 4) is 22.6 Å². The van der Waals surface area contributed by atoms with Crippen LogP contribution >= 0.6 is 11.6 Å². The maximum absolute atomic E-state index is 10.2. The third-order valence-electron chi connectivity index (χ3n) is 4.46. The zero-order chi connectivity index (χ0) is 19.5. The number of para-hydroxylation sites is 1. The first-order valence-corrected chi connectivity index (χ1v) is 9.24. The van der Waals surface area contributed by atoms with Gasteiger partial charge in [0.1, 0.15) is 16.6 Å². The summed E-state index contributed by atoms with van der Waals surface area (Å²) in [4.78, 5) is 4.48. The average Bonchev–Trinajstić information content (AvgIpc) is 3.02. The van der Waals surface area contributed by atoms with E-state index in [1.165, 1.54) is 0 Å². The van der Waals surface area contributed by atoms with E-state index in [0.29, 0.717) is 10.8 Å². The summed E-state index contributed by atoms with van der Waals surface area (Å²) in [6.45, 7) is 1.88. The molecule has 0 saturated carbocycles. The molecule has 0 aliphatic heterocycles. The Morgan fingerprint density at radius 1 is 0.929 bits per heavy atom. The zero-order valence-electron chi connectivity index (χ0n) is 15.2. The number of aromatic nitrogens is 2.